The predicted molar refractivity (Wildman–Crippen MR) is 66.8 cm³/mol. The van der Waals surface area contributed by atoms with Gasteiger partial charge in [-0.1, -0.05) is 39.0 Å². The molecule has 0 aliphatic carbocycles. The molecular weight excluding hydrogens is 202 g/mol. The van der Waals surface area contributed by atoms with Crippen LogP contribution in [-0.4, -0.2) is 0 Å². The molecule has 2 heteroatoms. The molecule has 0 N–H and O–H groups in total. The highest BCUT2D eigenvalue weighted by atomic mass is 32.1. The van der Waals surface area contributed by atoms with Gasteiger partial charge in [0.1, 0.15) is 0 Å². The first-order chi connectivity index (χ1) is 7.04. The Bertz CT molecular complexity index is 538. The molecule has 0 bridgehead atoms. The van der Waals surface area contributed by atoms with Crippen molar-refractivity contribution >= 4 is 27.1 Å². The normalized spacial score (nSPS) is 11.6. The molecule has 1 aromatic heterocycles. The van der Waals surface area contributed by atoms with Gasteiger partial charge in [-0.3, -0.25) is 0 Å². The first-order valence-corrected chi connectivity index (χ1v) is 5.75. The molecule has 1 nitrogen and oxygen atoms in total. The summed E-state index contributed by atoms with van der Waals surface area (Å²) in [5, 5.41) is 1.10. The van der Waals surface area contributed by atoms with E-state index in [1.165, 1.54) is 9.58 Å². The Morgan fingerprint density at radius 1 is 1.20 bits per heavy atom. The maximum Gasteiger partial charge on any atom is 0.209 e. The summed E-state index contributed by atoms with van der Waals surface area (Å²) < 4.78 is 1.22. The fraction of sp³-hybridized carbons (Fsp3) is 0.308. The predicted octanol–water partition coefficient (Wildman–Crippen LogP) is 4.75. The lowest BCUT2D eigenvalue weighted by Crippen LogP contribution is -2.08. The molecule has 0 amide bonds. The monoisotopic (exact) mass is 215 g/mol. The van der Waals surface area contributed by atoms with E-state index >= 15 is 0 Å². The van der Waals surface area contributed by atoms with E-state index in [2.05, 4.69) is 31.7 Å². The van der Waals surface area contributed by atoms with Gasteiger partial charge < -0.3 is 0 Å². The van der Waals surface area contributed by atoms with Crippen molar-refractivity contribution in [3.63, 3.8) is 0 Å². The van der Waals surface area contributed by atoms with Crippen molar-refractivity contribution < 1.29 is 0 Å². The van der Waals surface area contributed by atoms with E-state index in [-0.39, 0.29) is 5.41 Å². The van der Waals surface area contributed by atoms with Gasteiger partial charge in [0.15, 0.2) is 0 Å². The van der Waals surface area contributed by atoms with Gasteiger partial charge in [-0.25, -0.2) is 4.85 Å². The Morgan fingerprint density at radius 3 is 2.47 bits per heavy atom. The van der Waals surface area contributed by atoms with Crippen molar-refractivity contribution in [3.05, 3.63) is 40.6 Å². The van der Waals surface area contributed by atoms with Crippen LogP contribution < -0.4 is 0 Å². The lowest BCUT2D eigenvalue weighted by Gasteiger charge is -2.16. The largest absolute Gasteiger partial charge is 0.236 e. The Kier molecular flexibility index (Phi) is 2.28. The van der Waals surface area contributed by atoms with Crippen LogP contribution in [0.15, 0.2) is 24.3 Å². The second kappa shape index (κ2) is 3.36. The van der Waals surface area contributed by atoms with Crippen molar-refractivity contribution in [2.45, 2.75) is 26.2 Å². The van der Waals surface area contributed by atoms with Crippen molar-refractivity contribution in [3.8, 4) is 0 Å². The highest BCUT2D eigenvalue weighted by molar-refractivity contribution is 7.20. The van der Waals surface area contributed by atoms with Crippen LogP contribution in [0.2, 0.25) is 0 Å². The first kappa shape index (κ1) is 10.2. The number of rotatable bonds is 0. The smallest absolute Gasteiger partial charge is 0.209 e. The minimum Gasteiger partial charge on any atom is -0.236 e. The van der Waals surface area contributed by atoms with Crippen LogP contribution in [-0.2, 0) is 5.41 Å². The number of hydrogen-bond donors (Lipinski definition) is 0. The van der Waals surface area contributed by atoms with Gasteiger partial charge in [0.25, 0.3) is 0 Å². The summed E-state index contributed by atoms with van der Waals surface area (Å²) >= 11 is 1.74. The Hall–Kier alpha value is -1.33. The maximum atomic E-state index is 7.29. The van der Waals surface area contributed by atoms with Gasteiger partial charge in [-0.2, -0.15) is 11.3 Å². The van der Waals surface area contributed by atoms with Gasteiger partial charge in [-0.15, -0.1) is 0 Å². The van der Waals surface area contributed by atoms with Crippen molar-refractivity contribution in [1.82, 2.24) is 0 Å². The van der Waals surface area contributed by atoms with E-state index < -0.39 is 0 Å². The van der Waals surface area contributed by atoms with Crippen LogP contribution in [0, 0.1) is 6.57 Å². The van der Waals surface area contributed by atoms with E-state index in [1.807, 2.05) is 18.2 Å². The van der Waals surface area contributed by atoms with Crippen LogP contribution >= 0.6 is 11.3 Å². The lowest BCUT2D eigenvalue weighted by molar-refractivity contribution is 0.607. The molecule has 0 fully saturated rings. The summed E-state index contributed by atoms with van der Waals surface area (Å²) in [5.41, 5.74) is 0.895. The molecule has 0 radical (unpaired) electrons. The second-order valence-corrected chi connectivity index (χ2v) is 5.69. The minimum absolute atomic E-state index is 0.0591. The first-order valence-electron chi connectivity index (χ1n) is 4.93. The molecule has 0 aliphatic heterocycles. The van der Waals surface area contributed by atoms with Gasteiger partial charge in [0.2, 0.25) is 5.69 Å². The van der Waals surface area contributed by atoms with Gasteiger partial charge >= 0.3 is 0 Å². The SMILES string of the molecule is [C-]#[N+]c1c(C(C)(C)C)sc2ccccc12. The molecule has 76 valence electrons. The number of thiophene rings is 1. The summed E-state index contributed by atoms with van der Waals surface area (Å²) in [6.07, 6.45) is 0. The molecule has 0 atom stereocenters. The Balaban J connectivity index is 2.83. The zero-order valence-electron chi connectivity index (χ0n) is 9.16. The topological polar surface area (TPSA) is 4.36 Å². The quantitative estimate of drug-likeness (QED) is 0.559. The molecule has 0 unspecified atom stereocenters. The molecule has 1 heterocycles. The van der Waals surface area contributed by atoms with Crippen LogP contribution in [0.3, 0.4) is 0 Å². The van der Waals surface area contributed by atoms with Crippen LogP contribution in [0.25, 0.3) is 14.9 Å². The average Bonchev–Trinajstić information content (AvgIpc) is 2.55. The molecular formula is C13H13NS. The third-order valence-corrected chi connectivity index (χ3v) is 3.95. The summed E-state index contributed by atoms with van der Waals surface area (Å²) in [7, 11) is 0. The number of fused-ring (bicyclic) bond motifs is 1. The summed E-state index contributed by atoms with van der Waals surface area (Å²) in [6, 6.07) is 8.15. The summed E-state index contributed by atoms with van der Waals surface area (Å²) in [4.78, 5) is 4.88. The van der Waals surface area contributed by atoms with E-state index in [0.717, 1.165) is 11.1 Å². The van der Waals surface area contributed by atoms with E-state index in [9.17, 15) is 0 Å². The zero-order valence-corrected chi connectivity index (χ0v) is 9.98. The number of nitrogens with zero attached hydrogens (tertiary/aromatic N) is 1. The summed E-state index contributed by atoms with van der Waals surface area (Å²) in [6.45, 7) is 13.8. The molecule has 0 saturated heterocycles. The molecule has 1 aromatic carbocycles. The lowest BCUT2D eigenvalue weighted by atomic mass is 9.93. The van der Waals surface area contributed by atoms with Crippen LogP contribution in [0.1, 0.15) is 25.6 Å². The highest BCUT2D eigenvalue weighted by Crippen LogP contribution is 2.44. The molecule has 2 rings (SSSR count). The Labute approximate surface area is 94.2 Å². The number of benzene rings is 1. The highest BCUT2D eigenvalue weighted by Gasteiger charge is 2.22. The maximum absolute atomic E-state index is 7.29. The Morgan fingerprint density at radius 2 is 1.87 bits per heavy atom. The molecule has 0 aliphatic rings. The van der Waals surface area contributed by atoms with Crippen LogP contribution in [0.5, 0.6) is 0 Å². The third-order valence-electron chi connectivity index (χ3n) is 2.36. The van der Waals surface area contributed by atoms with E-state index in [1.54, 1.807) is 11.3 Å². The minimum atomic E-state index is 0.0591. The third kappa shape index (κ3) is 1.64. The van der Waals surface area contributed by atoms with Crippen molar-refractivity contribution in [2.24, 2.45) is 0 Å². The standard InChI is InChI=1S/C13H13NS/c1-13(2,3)12-11(14-4)9-7-5-6-8-10(9)15-12/h5-8H,1-3H3. The van der Waals surface area contributed by atoms with Crippen molar-refractivity contribution in [1.29, 1.82) is 0 Å². The molecule has 0 saturated carbocycles. The van der Waals surface area contributed by atoms with Crippen molar-refractivity contribution in [2.75, 3.05) is 0 Å². The average molecular weight is 215 g/mol. The second-order valence-electron chi connectivity index (χ2n) is 4.64. The zero-order chi connectivity index (χ0) is 11.1. The fourth-order valence-electron chi connectivity index (χ4n) is 1.65. The van der Waals surface area contributed by atoms with E-state index in [0.29, 0.717) is 0 Å². The van der Waals surface area contributed by atoms with E-state index in [4.69, 9.17) is 6.57 Å². The molecule has 2 aromatic rings. The van der Waals surface area contributed by atoms with Crippen LogP contribution in [0.4, 0.5) is 5.69 Å². The van der Waals surface area contributed by atoms with Gasteiger partial charge in [-0.05, 0) is 16.9 Å². The fourth-order valence-corrected chi connectivity index (χ4v) is 2.85. The summed E-state index contributed by atoms with van der Waals surface area (Å²) in [5.74, 6) is 0. The number of hydrogen-bond acceptors (Lipinski definition) is 1. The van der Waals surface area contributed by atoms with Gasteiger partial charge in [0, 0.05) is 9.58 Å². The molecule has 0 spiro atoms. The van der Waals surface area contributed by atoms with Gasteiger partial charge in [0.05, 0.1) is 6.57 Å². The molecule has 15 heavy (non-hydrogen) atoms.